The van der Waals surface area contributed by atoms with Crippen molar-refractivity contribution in [3.05, 3.63) is 29.6 Å². The van der Waals surface area contributed by atoms with Crippen LogP contribution in [-0.2, 0) is 6.18 Å². The number of anilines is 1. The van der Waals surface area contributed by atoms with Gasteiger partial charge in [-0.15, -0.1) is 0 Å². The van der Waals surface area contributed by atoms with E-state index in [1.54, 1.807) is 0 Å². The Morgan fingerprint density at radius 1 is 1.18 bits per heavy atom. The summed E-state index contributed by atoms with van der Waals surface area (Å²) in [6.45, 7) is 3.79. The molecule has 0 aliphatic carbocycles. The highest BCUT2D eigenvalue weighted by Gasteiger charge is 2.31. The first-order valence-electron chi connectivity index (χ1n) is 5.26. The average Bonchev–Trinajstić information content (AvgIpc) is 2.24. The molecule has 0 heterocycles. The average molecular weight is 250 g/mol. The van der Waals surface area contributed by atoms with E-state index in [0.29, 0.717) is 19.2 Å². The number of hydrogen-bond donors (Lipinski definition) is 2. The van der Waals surface area contributed by atoms with E-state index in [4.69, 9.17) is 0 Å². The van der Waals surface area contributed by atoms with Crippen molar-refractivity contribution >= 4 is 5.69 Å². The summed E-state index contributed by atoms with van der Waals surface area (Å²) in [7, 11) is 0. The van der Waals surface area contributed by atoms with Crippen molar-refractivity contribution in [3.63, 3.8) is 0 Å². The Kier molecular flexibility index (Phi) is 4.74. The molecule has 0 bridgehead atoms. The van der Waals surface area contributed by atoms with Gasteiger partial charge >= 0.3 is 6.18 Å². The van der Waals surface area contributed by atoms with E-state index in [0.717, 1.165) is 18.7 Å². The monoisotopic (exact) mass is 250 g/mol. The third-order valence-corrected chi connectivity index (χ3v) is 2.16. The molecule has 0 spiro atoms. The minimum absolute atomic E-state index is 0.0795. The number of halogens is 4. The van der Waals surface area contributed by atoms with Gasteiger partial charge in [0.2, 0.25) is 0 Å². The number of nitrogens with one attached hydrogen (secondary N) is 2. The molecule has 0 aromatic heterocycles. The summed E-state index contributed by atoms with van der Waals surface area (Å²) >= 11 is 0. The van der Waals surface area contributed by atoms with Crippen molar-refractivity contribution in [2.45, 2.75) is 13.1 Å². The molecule has 96 valence electrons. The van der Waals surface area contributed by atoms with Crippen molar-refractivity contribution < 1.29 is 17.6 Å². The lowest BCUT2D eigenvalue weighted by Crippen LogP contribution is -2.22. The van der Waals surface area contributed by atoms with Crippen LogP contribution in [0.1, 0.15) is 12.5 Å². The maximum absolute atomic E-state index is 13.3. The van der Waals surface area contributed by atoms with Gasteiger partial charge in [0.15, 0.2) is 0 Å². The predicted octanol–water partition coefficient (Wildman–Crippen LogP) is 2.87. The molecule has 1 aromatic carbocycles. The van der Waals surface area contributed by atoms with Gasteiger partial charge < -0.3 is 10.6 Å². The van der Waals surface area contributed by atoms with Gasteiger partial charge in [0.05, 0.1) is 11.3 Å². The normalized spacial score (nSPS) is 11.6. The highest BCUT2D eigenvalue weighted by atomic mass is 19.4. The van der Waals surface area contributed by atoms with Crippen molar-refractivity contribution in [2.24, 2.45) is 0 Å². The van der Waals surface area contributed by atoms with Crippen molar-refractivity contribution in [2.75, 3.05) is 25.0 Å². The number of likely N-dealkylation sites (N-methyl/N-ethyl adjacent to an activating group) is 1. The van der Waals surface area contributed by atoms with Gasteiger partial charge in [-0.2, -0.15) is 13.2 Å². The zero-order valence-electron chi connectivity index (χ0n) is 9.37. The van der Waals surface area contributed by atoms with Crippen LogP contribution >= 0.6 is 0 Å². The smallest absolute Gasteiger partial charge is 0.381 e. The SMILES string of the molecule is CCNCCNc1ccc(C(F)(F)F)cc1F. The largest absolute Gasteiger partial charge is 0.416 e. The minimum atomic E-state index is -4.51. The molecular weight excluding hydrogens is 236 g/mol. The molecule has 0 saturated heterocycles. The molecule has 0 atom stereocenters. The fourth-order valence-corrected chi connectivity index (χ4v) is 1.30. The predicted molar refractivity (Wildman–Crippen MR) is 58.4 cm³/mol. The van der Waals surface area contributed by atoms with Gasteiger partial charge in [-0.25, -0.2) is 4.39 Å². The van der Waals surface area contributed by atoms with E-state index in [9.17, 15) is 17.6 Å². The van der Waals surface area contributed by atoms with Gasteiger partial charge in [0, 0.05) is 13.1 Å². The Morgan fingerprint density at radius 2 is 1.88 bits per heavy atom. The number of rotatable bonds is 5. The Bertz CT molecular complexity index is 363. The molecule has 0 unspecified atom stereocenters. The summed E-state index contributed by atoms with van der Waals surface area (Å²) < 4.78 is 50.1. The lowest BCUT2D eigenvalue weighted by atomic mass is 10.2. The molecule has 1 rings (SSSR count). The number of hydrogen-bond acceptors (Lipinski definition) is 2. The third-order valence-electron chi connectivity index (χ3n) is 2.16. The minimum Gasteiger partial charge on any atom is -0.381 e. The summed E-state index contributed by atoms with van der Waals surface area (Å²) in [5.74, 6) is -0.892. The maximum atomic E-state index is 13.3. The lowest BCUT2D eigenvalue weighted by molar-refractivity contribution is -0.137. The molecular formula is C11H14F4N2. The molecule has 17 heavy (non-hydrogen) atoms. The van der Waals surface area contributed by atoms with Crippen LogP contribution in [0.4, 0.5) is 23.2 Å². The van der Waals surface area contributed by atoms with Crippen molar-refractivity contribution in [1.29, 1.82) is 0 Å². The summed E-state index contributed by atoms with van der Waals surface area (Å²) in [5, 5.41) is 5.73. The van der Waals surface area contributed by atoms with E-state index in [1.165, 1.54) is 0 Å². The Labute approximate surface area is 97.0 Å². The Morgan fingerprint density at radius 3 is 2.41 bits per heavy atom. The van der Waals surface area contributed by atoms with Crippen LogP contribution in [0.3, 0.4) is 0 Å². The van der Waals surface area contributed by atoms with Crippen LogP contribution in [0.15, 0.2) is 18.2 Å². The molecule has 0 amide bonds. The molecule has 0 aliphatic rings. The molecule has 0 saturated carbocycles. The van der Waals surface area contributed by atoms with Crippen molar-refractivity contribution in [1.82, 2.24) is 5.32 Å². The molecule has 2 N–H and O–H groups in total. The van der Waals surface area contributed by atoms with Crippen LogP contribution in [-0.4, -0.2) is 19.6 Å². The first kappa shape index (κ1) is 13.8. The fraction of sp³-hybridized carbons (Fsp3) is 0.455. The summed E-state index contributed by atoms with van der Waals surface area (Å²) in [6, 6.07) is 2.46. The molecule has 2 nitrogen and oxygen atoms in total. The van der Waals surface area contributed by atoms with Crippen LogP contribution in [0.25, 0.3) is 0 Å². The number of alkyl halides is 3. The quantitative estimate of drug-likeness (QED) is 0.620. The van der Waals surface area contributed by atoms with E-state index in [1.807, 2.05) is 6.92 Å². The van der Waals surface area contributed by atoms with Crippen LogP contribution in [0.2, 0.25) is 0 Å². The van der Waals surface area contributed by atoms with Gasteiger partial charge in [-0.05, 0) is 24.7 Å². The summed E-state index contributed by atoms with van der Waals surface area (Å²) in [6.07, 6.45) is -4.51. The molecule has 0 radical (unpaired) electrons. The van der Waals surface area contributed by atoms with Gasteiger partial charge in [-0.3, -0.25) is 0 Å². The van der Waals surface area contributed by atoms with E-state index in [-0.39, 0.29) is 5.69 Å². The van der Waals surface area contributed by atoms with Gasteiger partial charge in [-0.1, -0.05) is 6.92 Å². The Hall–Kier alpha value is -1.30. The standard InChI is InChI=1S/C11H14F4N2/c1-2-16-5-6-17-10-4-3-8(7-9(10)12)11(13,14)15/h3-4,7,16-17H,2,5-6H2,1H3. The van der Waals surface area contributed by atoms with E-state index >= 15 is 0 Å². The maximum Gasteiger partial charge on any atom is 0.416 e. The second-order valence-corrected chi connectivity index (χ2v) is 3.47. The van der Waals surface area contributed by atoms with Crippen molar-refractivity contribution in [3.8, 4) is 0 Å². The second kappa shape index (κ2) is 5.86. The summed E-state index contributed by atoms with van der Waals surface area (Å²) in [4.78, 5) is 0. The zero-order chi connectivity index (χ0) is 12.9. The highest BCUT2D eigenvalue weighted by Crippen LogP contribution is 2.31. The lowest BCUT2D eigenvalue weighted by Gasteiger charge is -2.11. The number of benzene rings is 1. The first-order chi connectivity index (χ1) is 7.95. The molecule has 1 aromatic rings. The Balaban J connectivity index is 2.64. The molecule has 0 fully saturated rings. The zero-order valence-corrected chi connectivity index (χ0v) is 9.37. The van der Waals surface area contributed by atoms with Gasteiger partial charge in [0.1, 0.15) is 5.82 Å². The highest BCUT2D eigenvalue weighted by molar-refractivity contribution is 5.46. The summed E-state index contributed by atoms with van der Waals surface area (Å²) in [5.41, 5.74) is -0.900. The molecule has 0 aliphatic heterocycles. The van der Waals surface area contributed by atoms with Crippen LogP contribution in [0, 0.1) is 5.82 Å². The van der Waals surface area contributed by atoms with Crippen LogP contribution in [0.5, 0.6) is 0 Å². The second-order valence-electron chi connectivity index (χ2n) is 3.47. The fourth-order valence-electron chi connectivity index (χ4n) is 1.30. The topological polar surface area (TPSA) is 24.1 Å². The first-order valence-corrected chi connectivity index (χ1v) is 5.26. The van der Waals surface area contributed by atoms with Crippen LogP contribution < -0.4 is 10.6 Å². The van der Waals surface area contributed by atoms with Gasteiger partial charge in [0.25, 0.3) is 0 Å². The third kappa shape index (κ3) is 4.22. The molecule has 6 heteroatoms. The van der Waals surface area contributed by atoms with E-state index in [2.05, 4.69) is 10.6 Å². The van der Waals surface area contributed by atoms with E-state index < -0.39 is 17.6 Å².